The second-order valence-electron chi connectivity index (χ2n) is 5.95. The number of carbonyl (C=O) groups is 1. The third-order valence-corrected chi connectivity index (χ3v) is 4.75. The monoisotopic (exact) mass is 407 g/mol. The maximum Gasteiger partial charge on any atom is 0.416 e. The molecule has 0 radical (unpaired) electrons. The van der Waals surface area contributed by atoms with Crippen LogP contribution in [0, 0.1) is 6.92 Å². The highest BCUT2D eigenvalue weighted by Crippen LogP contribution is 2.30. The Morgan fingerprint density at radius 3 is 2.36 bits per heavy atom. The number of rotatable bonds is 5. The van der Waals surface area contributed by atoms with E-state index in [0.29, 0.717) is 11.0 Å². The highest BCUT2D eigenvalue weighted by molar-refractivity contribution is 7.99. The van der Waals surface area contributed by atoms with Crippen LogP contribution in [0.25, 0.3) is 11.4 Å². The molecule has 146 valence electrons. The van der Waals surface area contributed by atoms with Crippen LogP contribution >= 0.6 is 11.8 Å². The summed E-state index contributed by atoms with van der Waals surface area (Å²) in [5.74, 6) is 6.04. The summed E-state index contributed by atoms with van der Waals surface area (Å²) in [4.78, 5) is 12.0. The number of aromatic nitrogens is 3. The Labute approximate surface area is 162 Å². The lowest BCUT2D eigenvalue weighted by atomic mass is 10.1. The molecule has 0 saturated heterocycles. The molecular weight excluding hydrogens is 391 g/mol. The number of amides is 1. The van der Waals surface area contributed by atoms with Crippen molar-refractivity contribution in [2.75, 3.05) is 16.9 Å². The highest BCUT2D eigenvalue weighted by atomic mass is 32.2. The van der Waals surface area contributed by atoms with E-state index in [4.69, 9.17) is 5.84 Å². The maximum atomic E-state index is 12.6. The molecule has 1 heterocycles. The first-order valence-corrected chi connectivity index (χ1v) is 9.10. The SMILES string of the molecule is Cc1ccc(-c2nnc(SCC(=O)Nc3ccc(C(F)(F)F)cc3)n2N)cc1. The molecule has 0 atom stereocenters. The summed E-state index contributed by atoms with van der Waals surface area (Å²) in [5.41, 5.74) is 1.39. The van der Waals surface area contributed by atoms with Crippen LogP contribution in [0.3, 0.4) is 0 Å². The van der Waals surface area contributed by atoms with Gasteiger partial charge in [0, 0.05) is 11.3 Å². The van der Waals surface area contributed by atoms with Crippen LogP contribution in [0.4, 0.5) is 18.9 Å². The molecule has 0 aliphatic carbocycles. The zero-order valence-corrected chi connectivity index (χ0v) is 15.5. The van der Waals surface area contributed by atoms with Crippen molar-refractivity contribution in [3.05, 3.63) is 59.7 Å². The average molecular weight is 407 g/mol. The lowest BCUT2D eigenvalue weighted by Crippen LogP contribution is -2.16. The van der Waals surface area contributed by atoms with Crippen molar-refractivity contribution >= 4 is 23.4 Å². The number of anilines is 1. The van der Waals surface area contributed by atoms with E-state index in [1.165, 1.54) is 16.8 Å². The molecule has 1 aromatic heterocycles. The standard InChI is InChI=1S/C18H16F3N5OS/c1-11-2-4-12(5-3-11)16-24-25-17(26(16)22)28-10-15(27)23-14-8-6-13(7-9-14)18(19,20)21/h2-9H,10,22H2,1H3,(H,23,27). The molecule has 10 heteroatoms. The fourth-order valence-electron chi connectivity index (χ4n) is 2.34. The third kappa shape index (κ3) is 4.63. The number of thioether (sulfide) groups is 1. The number of nitrogens with zero attached hydrogens (tertiary/aromatic N) is 3. The summed E-state index contributed by atoms with van der Waals surface area (Å²) in [6.07, 6.45) is -4.42. The van der Waals surface area contributed by atoms with E-state index in [1.807, 2.05) is 31.2 Å². The van der Waals surface area contributed by atoms with Crippen LogP contribution in [0.5, 0.6) is 0 Å². The van der Waals surface area contributed by atoms with E-state index in [9.17, 15) is 18.0 Å². The Morgan fingerprint density at radius 1 is 1.11 bits per heavy atom. The summed E-state index contributed by atoms with van der Waals surface area (Å²) in [5, 5.41) is 10.9. The number of aryl methyl sites for hydroxylation is 1. The number of halogens is 3. The summed E-state index contributed by atoms with van der Waals surface area (Å²) >= 11 is 1.07. The predicted molar refractivity (Wildman–Crippen MR) is 101 cm³/mol. The van der Waals surface area contributed by atoms with Gasteiger partial charge in [-0.3, -0.25) is 4.79 Å². The minimum atomic E-state index is -4.42. The first-order valence-electron chi connectivity index (χ1n) is 8.11. The van der Waals surface area contributed by atoms with Gasteiger partial charge in [-0.1, -0.05) is 41.6 Å². The molecule has 0 unspecified atom stereocenters. The van der Waals surface area contributed by atoms with Crippen LogP contribution in [-0.4, -0.2) is 26.5 Å². The van der Waals surface area contributed by atoms with Crippen molar-refractivity contribution in [1.29, 1.82) is 0 Å². The van der Waals surface area contributed by atoms with Crippen molar-refractivity contribution in [2.24, 2.45) is 0 Å². The molecule has 6 nitrogen and oxygen atoms in total. The number of nitrogens with two attached hydrogens (primary N) is 1. The van der Waals surface area contributed by atoms with Crippen LogP contribution in [0.2, 0.25) is 0 Å². The van der Waals surface area contributed by atoms with Gasteiger partial charge in [0.15, 0.2) is 5.82 Å². The molecule has 0 aliphatic heterocycles. The molecule has 0 fully saturated rings. The van der Waals surface area contributed by atoms with E-state index < -0.39 is 17.6 Å². The Kier molecular flexibility index (Phi) is 5.59. The number of nitrogens with one attached hydrogen (secondary N) is 1. The van der Waals surface area contributed by atoms with Crippen molar-refractivity contribution in [2.45, 2.75) is 18.3 Å². The van der Waals surface area contributed by atoms with Crippen LogP contribution in [-0.2, 0) is 11.0 Å². The van der Waals surface area contributed by atoms with Crippen molar-refractivity contribution < 1.29 is 18.0 Å². The van der Waals surface area contributed by atoms with Gasteiger partial charge < -0.3 is 11.2 Å². The van der Waals surface area contributed by atoms with Crippen LogP contribution in [0.1, 0.15) is 11.1 Å². The molecule has 0 saturated carbocycles. The van der Waals surface area contributed by atoms with Gasteiger partial charge >= 0.3 is 6.18 Å². The Balaban J connectivity index is 1.60. The minimum absolute atomic E-state index is 0.0236. The van der Waals surface area contributed by atoms with Crippen LogP contribution < -0.4 is 11.2 Å². The number of alkyl halides is 3. The van der Waals surface area contributed by atoms with E-state index >= 15 is 0 Å². The van der Waals surface area contributed by atoms with Gasteiger partial charge in [0.2, 0.25) is 11.1 Å². The summed E-state index contributed by atoms with van der Waals surface area (Å²) in [6, 6.07) is 11.8. The topological polar surface area (TPSA) is 85.8 Å². The summed E-state index contributed by atoms with van der Waals surface area (Å²) < 4.78 is 39.0. The van der Waals surface area contributed by atoms with E-state index in [1.54, 1.807) is 0 Å². The second-order valence-corrected chi connectivity index (χ2v) is 6.90. The summed E-state index contributed by atoms with van der Waals surface area (Å²) in [6.45, 7) is 1.97. The quantitative estimate of drug-likeness (QED) is 0.497. The average Bonchev–Trinajstić information content (AvgIpc) is 3.01. The third-order valence-electron chi connectivity index (χ3n) is 3.80. The van der Waals surface area contributed by atoms with Crippen molar-refractivity contribution in [3.8, 4) is 11.4 Å². The lowest BCUT2D eigenvalue weighted by molar-refractivity contribution is -0.137. The van der Waals surface area contributed by atoms with Gasteiger partial charge in [-0.05, 0) is 31.2 Å². The number of benzene rings is 2. The van der Waals surface area contributed by atoms with Gasteiger partial charge in [0.1, 0.15) is 0 Å². The number of hydrogen-bond donors (Lipinski definition) is 2. The molecule has 3 rings (SSSR count). The fourth-order valence-corrected chi connectivity index (χ4v) is 3.00. The lowest BCUT2D eigenvalue weighted by Gasteiger charge is -2.08. The molecular formula is C18H16F3N5OS. The van der Waals surface area contributed by atoms with Gasteiger partial charge in [-0.15, -0.1) is 10.2 Å². The van der Waals surface area contributed by atoms with Gasteiger partial charge in [0.25, 0.3) is 0 Å². The maximum absolute atomic E-state index is 12.6. The molecule has 3 N–H and O–H groups in total. The zero-order valence-electron chi connectivity index (χ0n) is 14.7. The highest BCUT2D eigenvalue weighted by Gasteiger charge is 2.30. The summed E-state index contributed by atoms with van der Waals surface area (Å²) in [7, 11) is 0. The molecule has 2 aromatic carbocycles. The van der Waals surface area contributed by atoms with Crippen molar-refractivity contribution in [1.82, 2.24) is 14.9 Å². The van der Waals surface area contributed by atoms with E-state index in [2.05, 4.69) is 15.5 Å². The van der Waals surface area contributed by atoms with Gasteiger partial charge in [-0.25, -0.2) is 4.68 Å². The molecule has 0 aliphatic rings. The minimum Gasteiger partial charge on any atom is -0.335 e. The Morgan fingerprint density at radius 2 is 1.75 bits per heavy atom. The van der Waals surface area contributed by atoms with Crippen molar-refractivity contribution in [3.63, 3.8) is 0 Å². The molecule has 3 aromatic rings. The first-order chi connectivity index (χ1) is 13.2. The zero-order chi connectivity index (χ0) is 20.3. The fraction of sp³-hybridized carbons (Fsp3) is 0.167. The molecule has 1 amide bonds. The largest absolute Gasteiger partial charge is 0.416 e. The number of carbonyl (C=O) groups excluding carboxylic acids is 1. The van der Waals surface area contributed by atoms with E-state index in [-0.39, 0.29) is 11.4 Å². The van der Waals surface area contributed by atoms with E-state index in [0.717, 1.165) is 35.0 Å². The number of nitrogen functional groups attached to an aromatic ring is 1. The normalized spacial score (nSPS) is 11.4. The molecule has 28 heavy (non-hydrogen) atoms. The Hall–Kier alpha value is -3.01. The first kappa shape index (κ1) is 19.7. The smallest absolute Gasteiger partial charge is 0.335 e. The van der Waals surface area contributed by atoms with Gasteiger partial charge in [-0.2, -0.15) is 13.2 Å². The molecule has 0 spiro atoms. The van der Waals surface area contributed by atoms with Crippen LogP contribution in [0.15, 0.2) is 53.7 Å². The predicted octanol–water partition coefficient (Wildman–Crippen LogP) is 3.72. The Bertz CT molecular complexity index is 968. The number of hydrogen-bond acceptors (Lipinski definition) is 5. The second kappa shape index (κ2) is 7.93. The molecule has 0 bridgehead atoms. The van der Waals surface area contributed by atoms with Gasteiger partial charge in [0.05, 0.1) is 11.3 Å².